The minimum Gasteiger partial charge on any atom is -0.368 e. The Morgan fingerprint density at radius 1 is 1.53 bits per heavy atom. The van der Waals surface area contributed by atoms with E-state index in [2.05, 4.69) is 31.1 Å². The molecule has 3 N–H and O–H groups in total. The lowest BCUT2D eigenvalue weighted by atomic mass is 9.94. The summed E-state index contributed by atoms with van der Waals surface area (Å²) in [6.45, 7) is 9.41. The van der Waals surface area contributed by atoms with Gasteiger partial charge in [0.15, 0.2) is 0 Å². The monoisotopic (exact) mass is 269 g/mol. The average molecular weight is 269 g/mol. The van der Waals surface area contributed by atoms with E-state index in [0.29, 0.717) is 0 Å². The van der Waals surface area contributed by atoms with E-state index in [-0.39, 0.29) is 5.91 Å². The number of primary amides is 1. The quantitative estimate of drug-likeness (QED) is 0.633. The maximum atomic E-state index is 11.6. The first-order chi connectivity index (χ1) is 8.89. The lowest BCUT2D eigenvalue weighted by Gasteiger charge is -2.28. The van der Waals surface area contributed by atoms with Crippen LogP contribution in [0.25, 0.3) is 0 Å². The van der Waals surface area contributed by atoms with E-state index < -0.39 is 5.54 Å². The van der Waals surface area contributed by atoms with Crippen LogP contribution in [0.15, 0.2) is 0 Å². The van der Waals surface area contributed by atoms with Crippen LogP contribution < -0.4 is 11.1 Å². The van der Waals surface area contributed by atoms with E-state index in [1.165, 1.54) is 13.0 Å². The van der Waals surface area contributed by atoms with Crippen molar-refractivity contribution in [1.82, 2.24) is 10.2 Å². The van der Waals surface area contributed by atoms with Gasteiger partial charge < -0.3 is 16.0 Å². The molecule has 1 rings (SSSR count). The molecule has 4 nitrogen and oxygen atoms in total. The highest BCUT2D eigenvalue weighted by Crippen LogP contribution is 2.37. The largest absolute Gasteiger partial charge is 0.368 e. The van der Waals surface area contributed by atoms with Crippen LogP contribution in [-0.4, -0.2) is 43.0 Å². The van der Waals surface area contributed by atoms with Gasteiger partial charge in [-0.05, 0) is 64.6 Å². The Bertz CT molecular complexity index is 295. The fraction of sp³-hybridized carbons (Fsp3) is 0.933. The second-order valence-electron chi connectivity index (χ2n) is 6.46. The minimum atomic E-state index is -0.552. The number of nitrogens with zero attached hydrogens (tertiary/aromatic N) is 1. The van der Waals surface area contributed by atoms with E-state index in [1.807, 2.05) is 6.92 Å². The third-order valence-corrected chi connectivity index (χ3v) is 4.35. The van der Waals surface area contributed by atoms with Crippen LogP contribution in [0.5, 0.6) is 0 Å². The molecule has 19 heavy (non-hydrogen) atoms. The zero-order valence-electron chi connectivity index (χ0n) is 13.0. The summed E-state index contributed by atoms with van der Waals surface area (Å²) in [5, 5.41) is 3.29. The number of hydrogen-bond acceptors (Lipinski definition) is 3. The van der Waals surface area contributed by atoms with Gasteiger partial charge in [0.2, 0.25) is 5.91 Å². The first kappa shape index (κ1) is 16.4. The summed E-state index contributed by atoms with van der Waals surface area (Å²) in [6.07, 6.45) is 4.21. The van der Waals surface area contributed by atoms with Crippen molar-refractivity contribution in [2.45, 2.75) is 52.0 Å². The highest BCUT2D eigenvalue weighted by atomic mass is 16.1. The Labute approximate surface area is 118 Å². The van der Waals surface area contributed by atoms with Gasteiger partial charge in [0, 0.05) is 6.54 Å². The third kappa shape index (κ3) is 5.49. The Morgan fingerprint density at radius 2 is 2.16 bits per heavy atom. The number of rotatable bonds is 10. The molecule has 0 aliphatic heterocycles. The van der Waals surface area contributed by atoms with Crippen molar-refractivity contribution in [2.75, 3.05) is 26.7 Å². The zero-order valence-corrected chi connectivity index (χ0v) is 13.0. The summed E-state index contributed by atoms with van der Waals surface area (Å²) >= 11 is 0. The summed E-state index contributed by atoms with van der Waals surface area (Å²) in [6, 6.07) is 0. The molecule has 0 radical (unpaired) electrons. The average Bonchev–Trinajstić information content (AvgIpc) is 3.01. The molecule has 1 fully saturated rings. The summed E-state index contributed by atoms with van der Waals surface area (Å²) in [5.74, 6) is 1.56. The van der Waals surface area contributed by atoms with Gasteiger partial charge >= 0.3 is 0 Å². The van der Waals surface area contributed by atoms with Gasteiger partial charge in [-0.15, -0.1) is 0 Å². The molecule has 0 aromatic carbocycles. The van der Waals surface area contributed by atoms with Crippen LogP contribution in [-0.2, 0) is 4.79 Å². The number of nitrogens with two attached hydrogens (primary N) is 1. The number of carbonyl (C=O) groups excluding carboxylic acids is 1. The second kappa shape index (κ2) is 7.25. The van der Waals surface area contributed by atoms with Crippen LogP contribution in [0.1, 0.15) is 46.5 Å². The fourth-order valence-electron chi connectivity index (χ4n) is 2.55. The number of carbonyl (C=O) groups is 1. The Balaban J connectivity index is 2.25. The molecule has 0 aromatic rings. The standard InChI is InChI=1S/C15H31N3O/c1-5-8-17-15(3,14(16)19)7-6-9-18(4)11-13-10-12(13)2/h12-13,17H,5-11H2,1-4H3,(H2,16,19). The molecular formula is C15H31N3O. The lowest BCUT2D eigenvalue weighted by Crippen LogP contribution is -2.53. The van der Waals surface area contributed by atoms with Crippen LogP contribution in [0, 0.1) is 11.8 Å². The predicted molar refractivity (Wildman–Crippen MR) is 79.9 cm³/mol. The summed E-state index contributed by atoms with van der Waals surface area (Å²) in [4.78, 5) is 14.0. The molecule has 1 aliphatic rings. The van der Waals surface area contributed by atoms with E-state index in [4.69, 9.17) is 5.73 Å². The molecule has 4 heteroatoms. The number of nitrogens with one attached hydrogen (secondary N) is 1. The fourth-order valence-corrected chi connectivity index (χ4v) is 2.55. The first-order valence-corrected chi connectivity index (χ1v) is 7.62. The SMILES string of the molecule is CCCNC(C)(CCCN(C)CC1CC1C)C(N)=O. The molecule has 3 atom stereocenters. The molecule has 0 bridgehead atoms. The van der Waals surface area contributed by atoms with Crippen molar-refractivity contribution in [2.24, 2.45) is 17.6 Å². The van der Waals surface area contributed by atoms with Crippen molar-refractivity contribution in [1.29, 1.82) is 0 Å². The van der Waals surface area contributed by atoms with E-state index in [0.717, 1.165) is 44.2 Å². The van der Waals surface area contributed by atoms with Crippen molar-refractivity contribution in [3.05, 3.63) is 0 Å². The van der Waals surface area contributed by atoms with Crippen molar-refractivity contribution < 1.29 is 4.79 Å². The molecule has 0 saturated heterocycles. The van der Waals surface area contributed by atoms with E-state index in [9.17, 15) is 4.79 Å². The number of amides is 1. The Kier molecular flexibility index (Phi) is 6.27. The summed E-state index contributed by atoms with van der Waals surface area (Å²) in [5.41, 5.74) is 4.97. The molecule has 3 unspecified atom stereocenters. The minimum absolute atomic E-state index is 0.237. The van der Waals surface area contributed by atoms with Gasteiger partial charge in [0.25, 0.3) is 0 Å². The first-order valence-electron chi connectivity index (χ1n) is 7.62. The molecule has 1 saturated carbocycles. The van der Waals surface area contributed by atoms with Crippen molar-refractivity contribution in [3.63, 3.8) is 0 Å². The van der Waals surface area contributed by atoms with Gasteiger partial charge in [-0.3, -0.25) is 4.79 Å². The Morgan fingerprint density at radius 3 is 2.63 bits per heavy atom. The van der Waals surface area contributed by atoms with Crippen LogP contribution >= 0.6 is 0 Å². The van der Waals surface area contributed by atoms with Crippen molar-refractivity contribution >= 4 is 5.91 Å². The smallest absolute Gasteiger partial charge is 0.237 e. The van der Waals surface area contributed by atoms with Crippen molar-refractivity contribution in [3.8, 4) is 0 Å². The summed E-state index contributed by atoms with van der Waals surface area (Å²) in [7, 11) is 2.17. The van der Waals surface area contributed by atoms with E-state index >= 15 is 0 Å². The number of hydrogen-bond donors (Lipinski definition) is 2. The maximum Gasteiger partial charge on any atom is 0.237 e. The van der Waals surface area contributed by atoms with Crippen LogP contribution in [0.2, 0.25) is 0 Å². The highest BCUT2D eigenvalue weighted by molar-refractivity contribution is 5.84. The van der Waals surface area contributed by atoms with Gasteiger partial charge in [-0.2, -0.15) is 0 Å². The van der Waals surface area contributed by atoms with Gasteiger partial charge in [-0.1, -0.05) is 13.8 Å². The highest BCUT2D eigenvalue weighted by Gasteiger charge is 2.33. The third-order valence-electron chi connectivity index (χ3n) is 4.35. The lowest BCUT2D eigenvalue weighted by molar-refractivity contribution is -0.124. The molecule has 0 spiro atoms. The summed E-state index contributed by atoms with van der Waals surface area (Å²) < 4.78 is 0. The van der Waals surface area contributed by atoms with Gasteiger partial charge in [-0.25, -0.2) is 0 Å². The topological polar surface area (TPSA) is 58.4 Å². The van der Waals surface area contributed by atoms with E-state index in [1.54, 1.807) is 0 Å². The second-order valence-corrected chi connectivity index (χ2v) is 6.46. The molecular weight excluding hydrogens is 238 g/mol. The maximum absolute atomic E-state index is 11.6. The normalized spacial score (nSPS) is 25.3. The molecule has 0 aromatic heterocycles. The van der Waals surface area contributed by atoms with Gasteiger partial charge in [0.05, 0.1) is 5.54 Å². The van der Waals surface area contributed by atoms with Gasteiger partial charge in [0.1, 0.15) is 0 Å². The Hall–Kier alpha value is -0.610. The molecule has 1 amide bonds. The molecule has 1 aliphatic carbocycles. The molecule has 0 heterocycles. The van der Waals surface area contributed by atoms with Crippen LogP contribution in [0.4, 0.5) is 0 Å². The predicted octanol–water partition coefficient (Wildman–Crippen LogP) is 1.60. The zero-order chi connectivity index (χ0) is 14.5. The van der Waals surface area contributed by atoms with Crippen LogP contribution in [0.3, 0.4) is 0 Å². The molecule has 112 valence electrons.